The molecule has 0 saturated carbocycles. The van der Waals surface area contributed by atoms with Crippen molar-refractivity contribution in [2.75, 3.05) is 26.2 Å². The van der Waals surface area contributed by atoms with Crippen LogP contribution in [0.25, 0.3) is 11.3 Å². The fourth-order valence-corrected chi connectivity index (χ4v) is 3.12. The predicted molar refractivity (Wildman–Crippen MR) is 97.8 cm³/mol. The molecule has 8 nitrogen and oxygen atoms in total. The summed E-state index contributed by atoms with van der Waals surface area (Å²) in [6.45, 7) is 6.62. The summed E-state index contributed by atoms with van der Waals surface area (Å²) in [6, 6.07) is 5.74. The van der Waals surface area contributed by atoms with Crippen LogP contribution >= 0.6 is 0 Å². The molecule has 8 heteroatoms. The fraction of sp³-hybridized carbons (Fsp3) is 0.474. The molecule has 1 aliphatic rings. The minimum atomic E-state index is -0.315. The lowest BCUT2D eigenvalue weighted by molar-refractivity contribution is -0.139. The molecule has 0 aliphatic carbocycles. The average molecular weight is 372 g/mol. The van der Waals surface area contributed by atoms with E-state index in [-0.39, 0.29) is 24.5 Å². The van der Waals surface area contributed by atoms with Gasteiger partial charge in [-0.05, 0) is 19.1 Å². The second-order valence-electron chi connectivity index (χ2n) is 6.48. The fourth-order valence-electron chi connectivity index (χ4n) is 3.12. The van der Waals surface area contributed by atoms with Crippen molar-refractivity contribution < 1.29 is 18.8 Å². The Kier molecular flexibility index (Phi) is 5.85. The van der Waals surface area contributed by atoms with E-state index < -0.39 is 0 Å². The van der Waals surface area contributed by atoms with Crippen molar-refractivity contribution in [3.05, 3.63) is 35.3 Å². The normalized spacial score (nSPS) is 17.0. The van der Waals surface area contributed by atoms with Crippen LogP contribution in [0.15, 0.2) is 22.7 Å². The molecule has 1 N–H and O–H groups in total. The second-order valence-corrected chi connectivity index (χ2v) is 6.48. The van der Waals surface area contributed by atoms with Crippen LogP contribution in [-0.2, 0) is 20.7 Å². The maximum atomic E-state index is 12.3. The summed E-state index contributed by atoms with van der Waals surface area (Å²) in [4.78, 5) is 29.7. The number of rotatable bonds is 5. The van der Waals surface area contributed by atoms with E-state index in [2.05, 4.69) is 10.5 Å². The zero-order valence-corrected chi connectivity index (χ0v) is 15.8. The molecule has 1 saturated heterocycles. The number of aryl methyl sites for hydroxylation is 2. The van der Waals surface area contributed by atoms with Crippen molar-refractivity contribution in [1.82, 2.24) is 20.4 Å². The Labute approximate surface area is 157 Å². The molecule has 2 aromatic rings. The molecule has 1 atom stereocenters. The Morgan fingerprint density at radius 2 is 2.19 bits per heavy atom. The Morgan fingerprint density at radius 3 is 2.93 bits per heavy atom. The third-order valence-electron chi connectivity index (χ3n) is 4.52. The van der Waals surface area contributed by atoms with E-state index in [0.29, 0.717) is 19.7 Å². The van der Waals surface area contributed by atoms with E-state index in [1.807, 2.05) is 32.0 Å². The molecular formula is C19H24N4O4. The SMILES string of the molecule is CCc1onc(C)c1-c1cccc(C2CN(C(=O)CNC(C)=O)CCO2)n1. The van der Waals surface area contributed by atoms with E-state index in [9.17, 15) is 9.59 Å². The van der Waals surface area contributed by atoms with Crippen molar-refractivity contribution in [2.45, 2.75) is 33.3 Å². The molecule has 144 valence electrons. The van der Waals surface area contributed by atoms with Gasteiger partial charge in [-0.2, -0.15) is 0 Å². The number of carbonyl (C=O) groups is 2. The van der Waals surface area contributed by atoms with Crippen LogP contribution in [-0.4, -0.2) is 53.1 Å². The summed E-state index contributed by atoms with van der Waals surface area (Å²) < 4.78 is 11.2. The summed E-state index contributed by atoms with van der Waals surface area (Å²) in [5.41, 5.74) is 3.25. The van der Waals surface area contributed by atoms with Gasteiger partial charge in [0.05, 0.1) is 42.3 Å². The number of hydrogen-bond donors (Lipinski definition) is 1. The molecule has 2 amide bonds. The maximum Gasteiger partial charge on any atom is 0.242 e. The van der Waals surface area contributed by atoms with Gasteiger partial charge in [-0.25, -0.2) is 4.98 Å². The van der Waals surface area contributed by atoms with E-state index in [1.54, 1.807) is 4.90 Å². The first-order valence-corrected chi connectivity index (χ1v) is 9.05. The number of pyridine rings is 1. The lowest BCUT2D eigenvalue weighted by Crippen LogP contribution is -2.46. The van der Waals surface area contributed by atoms with Crippen LogP contribution in [0.5, 0.6) is 0 Å². The van der Waals surface area contributed by atoms with Gasteiger partial charge < -0.3 is 19.5 Å². The molecule has 0 aromatic carbocycles. The van der Waals surface area contributed by atoms with Gasteiger partial charge in [-0.15, -0.1) is 0 Å². The summed E-state index contributed by atoms with van der Waals surface area (Å²) >= 11 is 0. The molecule has 2 aromatic heterocycles. The summed E-state index contributed by atoms with van der Waals surface area (Å²) in [7, 11) is 0. The monoisotopic (exact) mass is 372 g/mol. The highest BCUT2D eigenvalue weighted by molar-refractivity contribution is 5.83. The second kappa shape index (κ2) is 8.30. The van der Waals surface area contributed by atoms with Gasteiger partial charge in [0.15, 0.2) is 0 Å². The molecule has 3 heterocycles. The van der Waals surface area contributed by atoms with E-state index in [0.717, 1.165) is 34.8 Å². The number of nitrogens with zero attached hydrogens (tertiary/aromatic N) is 3. The Morgan fingerprint density at radius 1 is 1.37 bits per heavy atom. The lowest BCUT2D eigenvalue weighted by atomic mass is 10.1. The largest absolute Gasteiger partial charge is 0.368 e. The first kappa shape index (κ1) is 19.0. The van der Waals surface area contributed by atoms with E-state index >= 15 is 0 Å². The first-order chi connectivity index (χ1) is 13.0. The first-order valence-electron chi connectivity index (χ1n) is 9.05. The van der Waals surface area contributed by atoms with E-state index in [1.165, 1.54) is 6.92 Å². The summed E-state index contributed by atoms with van der Waals surface area (Å²) in [5.74, 6) is 0.449. The van der Waals surface area contributed by atoms with Crippen molar-refractivity contribution >= 4 is 11.8 Å². The van der Waals surface area contributed by atoms with Gasteiger partial charge in [0.25, 0.3) is 0 Å². The molecular weight excluding hydrogens is 348 g/mol. The van der Waals surface area contributed by atoms with Crippen molar-refractivity contribution in [3.63, 3.8) is 0 Å². The topological polar surface area (TPSA) is 97.6 Å². The number of hydrogen-bond acceptors (Lipinski definition) is 6. The number of morpholine rings is 1. The van der Waals surface area contributed by atoms with Crippen LogP contribution in [0.2, 0.25) is 0 Å². The van der Waals surface area contributed by atoms with Gasteiger partial charge >= 0.3 is 0 Å². The van der Waals surface area contributed by atoms with Gasteiger partial charge in [0.2, 0.25) is 11.8 Å². The van der Waals surface area contributed by atoms with Crippen LogP contribution in [0.1, 0.15) is 37.1 Å². The van der Waals surface area contributed by atoms with Crippen LogP contribution in [0.4, 0.5) is 0 Å². The molecule has 0 spiro atoms. The Balaban J connectivity index is 1.77. The Bertz CT molecular complexity index is 833. The molecule has 0 bridgehead atoms. The molecule has 3 rings (SSSR count). The van der Waals surface area contributed by atoms with Crippen LogP contribution in [0.3, 0.4) is 0 Å². The third kappa shape index (κ3) is 4.33. The molecule has 1 unspecified atom stereocenters. The zero-order chi connectivity index (χ0) is 19.4. The molecule has 1 aliphatic heterocycles. The number of aromatic nitrogens is 2. The number of nitrogens with one attached hydrogen (secondary N) is 1. The van der Waals surface area contributed by atoms with Crippen molar-refractivity contribution in [3.8, 4) is 11.3 Å². The number of carbonyl (C=O) groups excluding carboxylic acids is 2. The van der Waals surface area contributed by atoms with Crippen LogP contribution < -0.4 is 5.32 Å². The summed E-state index contributed by atoms with van der Waals surface area (Å²) in [6.07, 6.45) is 0.415. The molecule has 1 fully saturated rings. The van der Waals surface area contributed by atoms with E-state index in [4.69, 9.17) is 14.2 Å². The standard InChI is InChI=1S/C19H24N4O4/c1-4-16-19(12(2)22-27-16)15-7-5-6-14(21-15)17-11-23(8-9-26-17)18(25)10-20-13(3)24/h5-7,17H,4,8-11H2,1-3H3,(H,20,24). The molecule has 0 radical (unpaired) electrons. The maximum absolute atomic E-state index is 12.3. The zero-order valence-electron chi connectivity index (χ0n) is 15.8. The number of amides is 2. The predicted octanol–water partition coefficient (Wildman–Crippen LogP) is 1.64. The molecule has 27 heavy (non-hydrogen) atoms. The van der Waals surface area contributed by atoms with Gasteiger partial charge in [0, 0.05) is 19.9 Å². The van der Waals surface area contributed by atoms with Crippen LogP contribution in [0, 0.1) is 6.92 Å². The minimum absolute atomic E-state index is 0.00470. The Hall–Kier alpha value is -2.74. The quantitative estimate of drug-likeness (QED) is 0.857. The van der Waals surface area contributed by atoms with Gasteiger partial charge in [-0.3, -0.25) is 9.59 Å². The third-order valence-corrected chi connectivity index (χ3v) is 4.52. The highest BCUT2D eigenvalue weighted by Crippen LogP contribution is 2.28. The average Bonchev–Trinajstić information content (AvgIpc) is 3.07. The highest BCUT2D eigenvalue weighted by Gasteiger charge is 2.27. The smallest absolute Gasteiger partial charge is 0.242 e. The van der Waals surface area contributed by atoms with Crippen molar-refractivity contribution in [1.29, 1.82) is 0 Å². The van der Waals surface area contributed by atoms with Gasteiger partial charge in [-0.1, -0.05) is 18.1 Å². The number of ether oxygens (including phenoxy) is 1. The minimum Gasteiger partial charge on any atom is -0.368 e. The van der Waals surface area contributed by atoms with Crippen molar-refractivity contribution in [2.24, 2.45) is 0 Å². The summed E-state index contributed by atoms with van der Waals surface area (Å²) in [5, 5.41) is 6.58. The van der Waals surface area contributed by atoms with Gasteiger partial charge in [0.1, 0.15) is 11.9 Å². The lowest BCUT2D eigenvalue weighted by Gasteiger charge is -2.32. The highest BCUT2D eigenvalue weighted by atomic mass is 16.5.